The fourth-order valence-electron chi connectivity index (χ4n) is 1.74. The van der Waals surface area contributed by atoms with Crippen molar-refractivity contribution in [3.05, 3.63) is 63.3 Å². The van der Waals surface area contributed by atoms with Crippen LogP contribution < -0.4 is 11.3 Å². The molecule has 0 unspecified atom stereocenters. The van der Waals surface area contributed by atoms with Gasteiger partial charge < -0.3 is 5.73 Å². The Labute approximate surface area is 104 Å². The van der Waals surface area contributed by atoms with Gasteiger partial charge in [-0.15, -0.1) is 0 Å². The molecular formula is C13H14FN3O. The fraction of sp³-hybridized carbons (Fsp3) is 0.231. The van der Waals surface area contributed by atoms with Crippen LogP contribution in [0, 0.1) is 12.7 Å². The third-order valence-corrected chi connectivity index (χ3v) is 2.71. The van der Waals surface area contributed by atoms with Crippen LogP contribution in [0.15, 0.2) is 35.3 Å². The van der Waals surface area contributed by atoms with Crippen LogP contribution in [0.4, 0.5) is 4.39 Å². The lowest BCUT2D eigenvalue weighted by Gasteiger charge is -2.09. The molecule has 4 nitrogen and oxygen atoms in total. The lowest BCUT2D eigenvalue weighted by atomic mass is 10.1. The van der Waals surface area contributed by atoms with Crippen LogP contribution in [-0.4, -0.2) is 9.78 Å². The zero-order valence-corrected chi connectivity index (χ0v) is 10.1. The second-order valence-electron chi connectivity index (χ2n) is 4.15. The number of aromatic nitrogens is 2. The van der Waals surface area contributed by atoms with Crippen LogP contribution in [0.3, 0.4) is 0 Å². The molecule has 0 aliphatic carbocycles. The first-order chi connectivity index (χ1) is 8.60. The van der Waals surface area contributed by atoms with Crippen LogP contribution in [0.5, 0.6) is 0 Å². The molecule has 0 radical (unpaired) electrons. The minimum atomic E-state index is -0.330. The summed E-state index contributed by atoms with van der Waals surface area (Å²) in [5, 5.41) is 4.04. The number of nitrogens with two attached hydrogens (primary N) is 1. The Kier molecular flexibility index (Phi) is 3.53. The Hall–Kier alpha value is -2.01. The first kappa shape index (κ1) is 12.4. The highest BCUT2D eigenvalue weighted by atomic mass is 19.1. The van der Waals surface area contributed by atoms with Gasteiger partial charge in [0.1, 0.15) is 5.82 Å². The summed E-state index contributed by atoms with van der Waals surface area (Å²) in [6, 6.07) is 5.88. The van der Waals surface area contributed by atoms with Crippen molar-refractivity contribution in [2.75, 3.05) is 0 Å². The van der Waals surface area contributed by atoms with E-state index in [1.807, 2.05) is 6.92 Å². The van der Waals surface area contributed by atoms with E-state index >= 15 is 0 Å². The van der Waals surface area contributed by atoms with Crippen LogP contribution in [0.25, 0.3) is 0 Å². The monoisotopic (exact) mass is 247 g/mol. The number of rotatable bonds is 3. The molecule has 0 saturated carbocycles. The molecular weight excluding hydrogens is 233 g/mol. The molecule has 2 rings (SSSR count). The van der Waals surface area contributed by atoms with E-state index in [0.29, 0.717) is 12.1 Å². The molecule has 2 N–H and O–H groups in total. The molecule has 0 saturated heterocycles. The Morgan fingerprint density at radius 2 is 2.11 bits per heavy atom. The summed E-state index contributed by atoms with van der Waals surface area (Å²) in [5.74, 6) is -0.330. The Bertz CT molecular complexity index is 622. The molecule has 5 heteroatoms. The van der Waals surface area contributed by atoms with Crippen LogP contribution >= 0.6 is 0 Å². The van der Waals surface area contributed by atoms with Crippen LogP contribution in [0.2, 0.25) is 0 Å². The molecule has 2 aromatic rings. The van der Waals surface area contributed by atoms with Gasteiger partial charge in [0.25, 0.3) is 5.56 Å². The molecule has 1 aromatic carbocycles. The van der Waals surface area contributed by atoms with Gasteiger partial charge in [-0.05, 0) is 35.7 Å². The maximum atomic E-state index is 13.1. The van der Waals surface area contributed by atoms with E-state index in [0.717, 1.165) is 11.1 Å². The molecule has 1 aromatic heterocycles. The third kappa shape index (κ3) is 2.62. The predicted molar refractivity (Wildman–Crippen MR) is 66.6 cm³/mol. The lowest BCUT2D eigenvalue weighted by Crippen LogP contribution is -2.23. The molecule has 0 spiro atoms. The number of benzene rings is 1. The Morgan fingerprint density at radius 1 is 1.33 bits per heavy atom. The number of halogens is 1. The Balaban J connectivity index is 2.37. The zero-order valence-electron chi connectivity index (χ0n) is 10.1. The first-order valence-corrected chi connectivity index (χ1v) is 5.61. The van der Waals surface area contributed by atoms with Gasteiger partial charge >= 0.3 is 0 Å². The van der Waals surface area contributed by atoms with Gasteiger partial charge in [-0.2, -0.15) is 5.10 Å². The van der Waals surface area contributed by atoms with Crippen molar-refractivity contribution in [3.63, 3.8) is 0 Å². The normalized spacial score (nSPS) is 10.6. The van der Waals surface area contributed by atoms with Gasteiger partial charge in [0.05, 0.1) is 12.7 Å². The van der Waals surface area contributed by atoms with Crippen molar-refractivity contribution in [1.29, 1.82) is 0 Å². The van der Waals surface area contributed by atoms with Crippen molar-refractivity contribution in [2.24, 2.45) is 5.73 Å². The standard InChI is InChI=1S/C13H14FN3O/c1-9-4-13(18)17(16-7-9)8-10-2-3-12(14)5-11(10)6-15/h2-5,7H,6,8,15H2,1H3. The Morgan fingerprint density at radius 3 is 2.78 bits per heavy atom. The van der Waals surface area contributed by atoms with Gasteiger partial charge in [-0.3, -0.25) is 4.79 Å². The zero-order chi connectivity index (χ0) is 13.1. The maximum absolute atomic E-state index is 13.1. The van der Waals surface area contributed by atoms with E-state index in [1.165, 1.54) is 22.9 Å². The van der Waals surface area contributed by atoms with E-state index in [-0.39, 0.29) is 17.9 Å². The molecule has 0 atom stereocenters. The lowest BCUT2D eigenvalue weighted by molar-refractivity contribution is 0.612. The second-order valence-corrected chi connectivity index (χ2v) is 4.15. The van der Waals surface area contributed by atoms with Gasteiger partial charge in [-0.25, -0.2) is 9.07 Å². The van der Waals surface area contributed by atoms with Crippen LogP contribution in [-0.2, 0) is 13.1 Å². The molecule has 18 heavy (non-hydrogen) atoms. The number of hydrogen-bond donors (Lipinski definition) is 1. The molecule has 0 bridgehead atoms. The van der Waals surface area contributed by atoms with Crippen molar-refractivity contribution in [3.8, 4) is 0 Å². The van der Waals surface area contributed by atoms with Crippen LogP contribution in [0.1, 0.15) is 16.7 Å². The minimum Gasteiger partial charge on any atom is -0.326 e. The van der Waals surface area contributed by atoms with Crippen molar-refractivity contribution < 1.29 is 4.39 Å². The smallest absolute Gasteiger partial charge is 0.267 e. The van der Waals surface area contributed by atoms with E-state index < -0.39 is 0 Å². The largest absolute Gasteiger partial charge is 0.326 e. The van der Waals surface area contributed by atoms with E-state index in [9.17, 15) is 9.18 Å². The van der Waals surface area contributed by atoms with Crippen molar-refractivity contribution >= 4 is 0 Å². The molecule has 94 valence electrons. The second kappa shape index (κ2) is 5.10. The highest BCUT2D eigenvalue weighted by Crippen LogP contribution is 2.11. The maximum Gasteiger partial charge on any atom is 0.267 e. The van der Waals surface area contributed by atoms with Crippen molar-refractivity contribution in [1.82, 2.24) is 9.78 Å². The topological polar surface area (TPSA) is 60.9 Å². The number of nitrogens with zero attached hydrogens (tertiary/aromatic N) is 2. The number of hydrogen-bond acceptors (Lipinski definition) is 3. The average molecular weight is 247 g/mol. The average Bonchev–Trinajstić information content (AvgIpc) is 2.34. The van der Waals surface area contributed by atoms with E-state index in [2.05, 4.69) is 5.10 Å². The quantitative estimate of drug-likeness (QED) is 0.886. The summed E-state index contributed by atoms with van der Waals surface area (Å²) in [7, 11) is 0. The molecule has 0 aliphatic rings. The summed E-state index contributed by atoms with van der Waals surface area (Å²) in [5.41, 5.74) is 7.68. The van der Waals surface area contributed by atoms with Gasteiger partial charge in [-0.1, -0.05) is 6.07 Å². The predicted octanol–water partition coefficient (Wildman–Crippen LogP) is 1.20. The van der Waals surface area contributed by atoms with E-state index in [1.54, 1.807) is 12.3 Å². The minimum absolute atomic E-state index is 0.178. The van der Waals surface area contributed by atoms with Gasteiger partial charge in [0.2, 0.25) is 0 Å². The SMILES string of the molecule is Cc1cnn(Cc2ccc(F)cc2CN)c(=O)c1. The van der Waals surface area contributed by atoms with E-state index in [4.69, 9.17) is 5.73 Å². The van der Waals surface area contributed by atoms with Crippen molar-refractivity contribution in [2.45, 2.75) is 20.0 Å². The number of aryl methyl sites for hydroxylation is 1. The molecule has 1 heterocycles. The molecule has 0 fully saturated rings. The highest BCUT2D eigenvalue weighted by molar-refractivity contribution is 5.28. The van der Waals surface area contributed by atoms with Gasteiger partial charge in [0, 0.05) is 12.6 Å². The fourth-order valence-corrected chi connectivity index (χ4v) is 1.74. The summed E-state index contributed by atoms with van der Waals surface area (Å²) >= 11 is 0. The molecule has 0 amide bonds. The van der Waals surface area contributed by atoms with Gasteiger partial charge in [0.15, 0.2) is 0 Å². The first-order valence-electron chi connectivity index (χ1n) is 5.61. The highest BCUT2D eigenvalue weighted by Gasteiger charge is 2.05. The molecule has 0 aliphatic heterocycles. The summed E-state index contributed by atoms with van der Waals surface area (Å²) < 4.78 is 14.4. The summed E-state index contributed by atoms with van der Waals surface area (Å²) in [6.45, 7) is 2.33. The summed E-state index contributed by atoms with van der Waals surface area (Å²) in [4.78, 5) is 11.7. The third-order valence-electron chi connectivity index (χ3n) is 2.71. The summed E-state index contributed by atoms with van der Waals surface area (Å²) in [6.07, 6.45) is 1.62.